The lowest BCUT2D eigenvalue weighted by molar-refractivity contribution is -0.115. The monoisotopic (exact) mass is 477 g/mol. The van der Waals surface area contributed by atoms with Crippen LogP contribution in [0.15, 0.2) is 57.8 Å². The maximum atomic E-state index is 12.6. The third-order valence-corrected chi connectivity index (χ3v) is 8.04. The molecule has 164 valence electrons. The number of nitrogens with zero attached hydrogens (tertiary/aromatic N) is 3. The van der Waals surface area contributed by atoms with Crippen LogP contribution >= 0.6 is 23.1 Å². The topological polar surface area (TPSA) is 104 Å². The van der Waals surface area contributed by atoms with Crippen LogP contribution in [0.1, 0.15) is 12.5 Å². The number of amides is 1. The molecule has 1 atom stereocenters. The summed E-state index contributed by atoms with van der Waals surface area (Å²) in [4.78, 5) is 12.7. The number of hydrogen-bond acceptors (Lipinski definition) is 8. The number of aryl methyl sites for hydroxylation is 1. The lowest BCUT2D eigenvalue weighted by atomic mass is 10.2. The number of aromatic nitrogens is 2. The van der Waals surface area contributed by atoms with Gasteiger partial charge in [-0.05, 0) is 49.7 Å². The molecule has 2 aromatic carbocycles. The van der Waals surface area contributed by atoms with Gasteiger partial charge in [0.05, 0.1) is 10.1 Å². The highest BCUT2D eigenvalue weighted by atomic mass is 32.2. The van der Waals surface area contributed by atoms with E-state index in [1.165, 1.54) is 49.3 Å². The molecule has 0 spiro atoms. The van der Waals surface area contributed by atoms with E-state index in [1.807, 2.05) is 31.2 Å². The molecule has 1 unspecified atom stereocenters. The van der Waals surface area contributed by atoms with Crippen LogP contribution in [0.3, 0.4) is 0 Å². The van der Waals surface area contributed by atoms with Crippen LogP contribution in [-0.4, -0.2) is 48.2 Å². The Morgan fingerprint density at radius 2 is 1.81 bits per heavy atom. The second-order valence-corrected chi connectivity index (χ2v) is 11.6. The van der Waals surface area contributed by atoms with Crippen molar-refractivity contribution in [2.24, 2.45) is 0 Å². The standard InChI is InChI=1S/C20H23N5O3S3/c1-13-7-5-8-15(11-13)22-19-23-24-20(30-19)29-14(2)18(26)21-16-9-6-10-17(12-16)31(27,28)25(3)4/h5-12,14H,1-4H3,(H,21,26)(H,22,23). The summed E-state index contributed by atoms with van der Waals surface area (Å²) < 4.78 is 26.4. The van der Waals surface area contributed by atoms with Crippen molar-refractivity contribution in [3.63, 3.8) is 0 Å². The molecule has 0 bridgehead atoms. The molecule has 0 aliphatic rings. The van der Waals surface area contributed by atoms with Crippen LogP contribution in [0.4, 0.5) is 16.5 Å². The van der Waals surface area contributed by atoms with Crippen LogP contribution in [0, 0.1) is 6.92 Å². The quantitative estimate of drug-likeness (QED) is 0.473. The normalized spacial score (nSPS) is 12.5. The predicted molar refractivity (Wildman–Crippen MR) is 126 cm³/mol. The summed E-state index contributed by atoms with van der Waals surface area (Å²) in [6.45, 7) is 3.77. The van der Waals surface area contributed by atoms with E-state index in [2.05, 4.69) is 20.8 Å². The van der Waals surface area contributed by atoms with Gasteiger partial charge in [0, 0.05) is 25.5 Å². The molecule has 0 saturated carbocycles. The molecule has 0 aliphatic carbocycles. The lowest BCUT2D eigenvalue weighted by Gasteiger charge is -2.14. The smallest absolute Gasteiger partial charge is 0.242 e. The zero-order valence-electron chi connectivity index (χ0n) is 17.5. The number of carbonyl (C=O) groups excluding carboxylic acids is 1. The molecule has 0 aliphatic heterocycles. The van der Waals surface area contributed by atoms with E-state index in [-0.39, 0.29) is 10.8 Å². The Hall–Kier alpha value is -2.47. The molecule has 0 radical (unpaired) electrons. The average molecular weight is 478 g/mol. The Balaban J connectivity index is 1.62. The van der Waals surface area contributed by atoms with E-state index in [0.717, 1.165) is 15.6 Å². The van der Waals surface area contributed by atoms with Crippen LogP contribution < -0.4 is 10.6 Å². The van der Waals surface area contributed by atoms with Crippen LogP contribution in [-0.2, 0) is 14.8 Å². The van der Waals surface area contributed by atoms with Gasteiger partial charge in [-0.15, -0.1) is 10.2 Å². The molecule has 8 nitrogen and oxygen atoms in total. The molecule has 31 heavy (non-hydrogen) atoms. The first-order valence-electron chi connectivity index (χ1n) is 9.32. The SMILES string of the molecule is Cc1cccc(Nc2nnc(SC(C)C(=O)Nc3cccc(S(=O)(=O)N(C)C)c3)s2)c1. The molecule has 1 heterocycles. The van der Waals surface area contributed by atoms with Gasteiger partial charge in [-0.1, -0.05) is 41.3 Å². The maximum absolute atomic E-state index is 12.6. The van der Waals surface area contributed by atoms with E-state index >= 15 is 0 Å². The molecular formula is C20H23N5O3S3. The number of carbonyl (C=O) groups is 1. The van der Waals surface area contributed by atoms with Gasteiger partial charge in [-0.25, -0.2) is 12.7 Å². The van der Waals surface area contributed by atoms with Gasteiger partial charge < -0.3 is 10.6 Å². The van der Waals surface area contributed by atoms with Gasteiger partial charge >= 0.3 is 0 Å². The number of thioether (sulfide) groups is 1. The third-order valence-electron chi connectivity index (χ3n) is 4.20. The second-order valence-electron chi connectivity index (χ2n) is 6.93. The molecule has 3 rings (SSSR count). The molecule has 0 fully saturated rings. The number of hydrogen-bond donors (Lipinski definition) is 2. The Morgan fingerprint density at radius 1 is 1.10 bits per heavy atom. The van der Waals surface area contributed by atoms with Crippen molar-refractivity contribution < 1.29 is 13.2 Å². The summed E-state index contributed by atoms with van der Waals surface area (Å²) in [5, 5.41) is 14.4. The van der Waals surface area contributed by atoms with Gasteiger partial charge in [0.25, 0.3) is 0 Å². The summed E-state index contributed by atoms with van der Waals surface area (Å²) in [7, 11) is -0.653. The fraction of sp³-hybridized carbons (Fsp3) is 0.250. The zero-order valence-corrected chi connectivity index (χ0v) is 19.9. The zero-order chi connectivity index (χ0) is 22.6. The first-order chi connectivity index (χ1) is 14.6. The van der Waals surface area contributed by atoms with Gasteiger partial charge in [0.1, 0.15) is 0 Å². The second kappa shape index (κ2) is 9.77. The van der Waals surface area contributed by atoms with E-state index in [1.54, 1.807) is 19.1 Å². The number of benzene rings is 2. The fourth-order valence-electron chi connectivity index (χ4n) is 2.55. The molecule has 1 amide bonds. The first kappa shape index (κ1) is 23.2. The molecule has 3 aromatic rings. The Kier molecular flexibility index (Phi) is 7.31. The van der Waals surface area contributed by atoms with E-state index in [4.69, 9.17) is 0 Å². The van der Waals surface area contributed by atoms with Crippen LogP contribution in [0.25, 0.3) is 0 Å². The van der Waals surface area contributed by atoms with E-state index in [9.17, 15) is 13.2 Å². The third kappa shape index (κ3) is 6.03. The van der Waals surface area contributed by atoms with Crippen molar-refractivity contribution >= 4 is 55.5 Å². The largest absolute Gasteiger partial charge is 0.330 e. The highest BCUT2D eigenvalue weighted by molar-refractivity contribution is 8.02. The van der Waals surface area contributed by atoms with Crippen LogP contribution in [0.5, 0.6) is 0 Å². The lowest BCUT2D eigenvalue weighted by Crippen LogP contribution is -2.24. The van der Waals surface area contributed by atoms with Crippen molar-refractivity contribution in [1.29, 1.82) is 0 Å². The van der Waals surface area contributed by atoms with E-state index < -0.39 is 15.3 Å². The maximum Gasteiger partial charge on any atom is 0.242 e. The van der Waals surface area contributed by atoms with Crippen molar-refractivity contribution in [2.75, 3.05) is 24.7 Å². The van der Waals surface area contributed by atoms with Gasteiger partial charge in [-0.2, -0.15) is 0 Å². The molecule has 11 heteroatoms. The average Bonchev–Trinajstić information content (AvgIpc) is 3.14. The summed E-state index contributed by atoms with van der Waals surface area (Å²) in [6.07, 6.45) is 0. The minimum Gasteiger partial charge on any atom is -0.330 e. The Morgan fingerprint density at radius 3 is 2.52 bits per heavy atom. The Bertz CT molecular complexity index is 1180. The van der Waals surface area contributed by atoms with Crippen LogP contribution in [0.2, 0.25) is 0 Å². The van der Waals surface area contributed by atoms with Crippen molar-refractivity contribution in [1.82, 2.24) is 14.5 Å². The number of sulfonamides is 1. The Labute approximate surface area is 190 Å². The van der Waals surface area contributed by atoms with Crippen molar-refractivity contribution in [2.45, 2.75) is 28.3 Å². The van der Waals surface area contributed by atoms with Crippen molar-refractivity contribution in [3.05, 3.63) is 54.1 Å². The number of nitrogens with one attached hydrogen (secondary N) is 2. The minimum absolute atomic E-state index is 0.117. The van der Waals surface area contributed by atoms with Gasteiger partial charge in [-0.3, -0.25) is 4.79 Å². The molecule has 1 aromatic heterocycles. The van der Waals surface area contributed by atoms with Gasteiger partial charge in [0.2, 0.25) is 21.1 Å². The molecule has 2 N–H and O–H groups in total. The first-order valence-corrected chi connectivity index (χ1v) is 12.5. The number of rotatable bonds is 8. The minimum atomic E-state index is -3.58. The highest BCUT2D eigenvalue weighted by Gasteiger charge is 2.20. The van der Waals surface area contributed by atoms with Crippen molar-refractivity contribution in [3.8, 4) is 0 Å². The summed E-state index contributed by atoms with van der Waals surface area (Å²) in [5.41, 5.74) is 2.47. The molecular weight excluding hydrogens is 454 g/mol. The highest BCUT2D eigenvalue weighted by Crippen LogP contribution is 2.31. The van der Waals surface area contributed by atoms with E-state index in [0.29, 0.717) is 15.2 Å². The summed E-state index contributed by atoms with van der Waals surface area (Å²) >= 11 is 2.65. The summed E-state index contributed by atoms with van der Waals surface area (Å²) in [6, 6.07) is 14.1. The molecule has 0 saturated heterocycles. The summed E-state index contributed by atoms with van der Waals surface area (Å²) in [5.74, 6) is -0.257. The fourth-order valence-corrected chi connectivity index (χ4v) is 5.41. The van der Waals surface area contributed by atoms with Gasteiger partial charge in [0.15, 0.2) is 4.34 Å². The predicted octanol–water partition coefficient (Wildman–Crippen LogP) is 3.96. The number of anilines is 3.